The summed E-state index contributed by atoms with van der Waals surface area (Å²) in [5.41, 5.74) is -1.06. The van der Waals surface area contributed by atoms with Crippen LogP contribution in [0, 0.1) is 11.6 Å². The Morgan fingerprint density at radius 1 is 1.18 bits per heavy atom. The normalized spacial score (nSPS) is 22.3. The largest absolute Gasteiger partial charge is 0.486 e. The summed E-state index contributed by atoms with van der Waals surface area (Å²) in [6, 6.07) is 4.08. The fraction of sp³-hybridized carbons (Fsp3) is 0.350. The van der Waals surface area contributed by atoms with Crippen molar-refractivity contribution in [3.8, 4) is 5.75 Å². The monoisotopic (exact) mass is 485 g/mol. The first-order chi connectivity index (χ1) is 15.4. The third kappa shape index (κ3) is 4.49. The Morgan fingerprint density at radius 3 is 2.45 bits per heavy atom. The van der Waals surface area contributed by atoms with Crippen LogP contribution in [0.25, 0.3) is 0 Å². The molecule has 0 saturated heterocycles. The highest BCUT2D eigenvalue weighted by molar-refractivity contribution is 7.92. The molecule has 176 valence electrons. The number of nitrogens with zero attached hydrogens (tertiary/aromatic N) is 4. The van der Waals surface area contributed by atoms with Gasteiger partial charge in [0.2, 0.25) is 0 Å². The van der Waals surface area contributed by atoms with E-state index in [0.717, 1.165) is 6.33 Å². The van der Waals surface area contributed by atoms with E-state index in [1.165, 1.54) is 30.1 Å². The summed E-state index contributed by atoms with van der Waals surface area (Å²) in [4.78, 5) is 6.02. The standard InChI is InChI=1S/C20H19F4N5O3S/c1-19(10-20(23,24)9-13(19)16-3-6-27-29(16)2)32-12-7-14(21)18(15(22)8-12)33(30,31)28-17-4-5-25-11-26-17/h3-8,11,13H,9-10H2,1-2H3,(H,25,26,28)/t13-,19-/m1/s1. The summed E-state index contributed by atoms with van der Waals surface area (Å²) < 4.78 is 92.3. The first-order valence-corrected chi connectivity index (χ1v) is 11.2. The lowest BCUT2D eigenvalue weighted by Gasteiger charge is -2.32. The minimum absolute atomic E-state index is 0.191. The number of halogens is 4. The van der Waals surface area contributed by atoms with Crippen molar-refractivity contribution in [2.75, 3.05) is 4.72 Å². The quantitative estimate of drug-likeness (QED) is 0.536. The molecule has 2 atom stereocenters. The molecule has 1 aromatic carbocycles. The summed E-state index contributed by atoms with van der Waals surface area (Å²) in [6.45, 7) is 1.42. The number of sulfonamides is 1. The fourth-order valence-corrected chi connectivity index (χ4v) is 5.26. The van der Waals surface area contributed by atoms with Gasteiger partial charge in [-0.05, 0) is 19.1 Å². The van der Waals surface area contributed by atoms with Crippen molar-refractivity contribution < 1.29 is 30.7 Å². The minimum atomic E-state index is -4.68. The van der Waals surface area contributed by atoms with Gasteiger partial charge in [-0.15, -0.1) is 0 Å². The zero-order valence-electron chi connectivity index (χ0n) is 17.5. The Kier molecular flexibility index (Phi) is 5.55. The number of ether oxygens (including phenoxy) is 1. The van der Waals surface area contributed by atoms with Crippen LogP contribution in [0.4, 0.5) is 23.4 Å². The number of aryl methyl sites for hydroxylation is 1. The first-order valence-electron chi connectivity index (χ1n) is 9.73. The van der Waals surface area contributed by atoms with Crippen LogP contribution >= 0.6 is 0 Å². The van der Waals surface area contributed by atoms with Crippen molar-refractivity contribution in [1.82, 2.24) is 19.7 Å². The van der Waals surface area contributed by atoms with Gasteiger partial charge >= 0.3 is 0 Å². The van der Waals surface area contributed by atoms with Gasteiger partial charge in [0.25, 0.3) is 15.9 Å². The molecule has 0 bridgehead atoms. The molecule has 13 heteroatoms. The van der Waals surface area contributed by atoms with E-state index in [1.54, 1.807) is 13.1 Å². The lowest BCUT2D eigenvalue weighted by Crippen LogP contribution is -2.37. The molecule has 1 fully saturated rings. The number of hydrogen-bond donors (Lipinski definition) is 1. The molecule has 3 aromatic rings. The SMILES string of the molecule is Cn1nccc1[C@H]1CC(F)(F)C[C@@]1(C)Oc1cc(F)c(S(=O)(=O)Nc2ccncn2)c(F)c1. The molecule has 1 aliphatic rings. The predicted octanol–water partition coefficient (Wildman–Crippen LogP) is 3.64. The fourth-order valence-electron chi connectivity index (χ4n) is 4.14. The number of benzene rings is 1. The van der Waals surface area contributed by atoms with Gasteiger partial charge in [0.05, 0.1) is 6.42 Å². The molecule has 0 unspecified atom stereocenters. The van der Waals surface area contributed by atoms with Crippen LogP contribution in [-0.4, -0.2) is 39.7 Å². The molecule has 0 radical (unpaired) electrons. The first kappa shape index (κ1) is 23.0. The number of anilines is 1. The molecular weight excluding hydrogens is 466 g/mol. The molecule has 0 aliphatic heterocycles. The molecule has 2 heterocycles. The van der Waals surface area contributed by atoms with Crippen LogP contribution in [0.3, 0.4) is 0 Å². The third-order valence-electron chi connectivity index (χ3n) is 5.48. The number of hydrogen-bond acceptors (Lipinski definition) is 6. The van der Waals surface area contributed by atoms with Crippen molar-refractivity contribution >= 4 is 15.8 Å². The Bertz CT molecular complexity index is 1260. The maximum absolute atomic E-state index is 14.8. The molecule has 1 aliphatic carbocycles. The average molecular weight is 485 g/mol. The van der Waals surface area contributed by atoms with Gasteiger partial charge in [-0.1, -0.05) is 0 Å². The molecule has 4 rings (SSSR count). The maximum Gasteiger partial charge on any atom is 0.268 e. The van der Waals surface area contributed by atoms with Gasteiger partial charge in [0, 0.05) is 49.6 Å². The van der Waals surface area contributed by atoms with Gasteiger partial charge in [-0.2, -0.15) is 5.10 Å². The number of alkyl halides is 2. The summed E-state index contributed by atoms with van der Waals surface area (Å²) in [5, 5.41) is 4.00. The Balaban J connectivity index is 1.66. The van der Waals surface area contributed by atoms with Crippen LogP contribution in [0.1, 0.15) is 31.4 Å². The molecule has 33 heavy (non-hydrogen) atoms. The zero-order chi connectivity index (χ0) is 24.0. The van der Waals surface area contributed by atoms with Crippen LogP contribution < -0.4 is 9.46 Å². The second kappa shape index (κ2) is 7.97. The Labute approximate surface area is 186 Å². The third-order valence-corrected chi connectivity index (χ3v) is 6.88. The maximum atomic E-state index is 14.8. The lowest BCUT2D eigenvalue weighted by atomic mass is 9.89. The van der Waals surface area contributed by atoms with E-state index in [-0.39, 0.29) is 5.82 Å². The molecule has 1 saturated carbocycles. The van der Waals surface area contributed by atoms with Crippen LogP contribution in [0.15, 0.2) is 47.9 Å². The van der Waals surface area contributed by atoms with E-state index in [1.807, 2.05) is 4.72 Å². The highest BCUT2D eigenvalue weighted by Gasteiger charge is 2.56. The van der Waals surface area contributed by atoms with E-state index in [2.05, 4.69) is 15.1 Å². The number of rotatable bonds is 6. The smallest absolute Gasteiger partial charge is 0.268 e. The molecule has 2 aromatic heterocycles. The summed E-state index contributed by atoms with van der Waals surface area (Å²) in [5.74, 6) is -7.41. The van der Waals surface area contributed by atoms with Gasteiger partial charge < -0.3 is 4.74 Å². The molecule has 0 amide bonds. The van der Waals surface area contributed by atoms with Crippen LogP contribution in [-0.2, 0) is 17.1 Å². The van der Waals surface area contributed by atoms with E-state index >= 15 is 0 Å². The zero-order valence-corrected chi connectivity index (χ0v) is 18.3. The Morgan fingerprint density at radius 2 is 1.88 bits per heavy atom. The lowest BCUT2D eigenvalue weighted by molar-refractivity contribution is -0.0189. The van der Waals surface area contributed by atoms with Crippen molar-refractivity contribution in [3.63, 3.8) is 0 Å². The van der Waals surface area contributed by atoms with Gasteiger partial charge in [0.1, 0.15) is 35.1 Å². The van der Waals surface area contributed by atoms with E-state index < -0.39 is 62.6 Å². The minimum Gasteiger partial charge on any atom is -0.486 e. The average Bonchev–Trinajstić information content (AvgIpc) is 3.20. The molecule has 0 spiro atoms. The van der Waals surface area contributed by atoms with Crippen LogP contribution in [0.5, 0.6) is 5.75 Å². The van der Waals surface area contributed by atoms with Crippen molar-refractivity contribution in [1.29, 1.82) is 0 Å². The van der Waals surface area contributed by atoms with E-state index in [9.17, 15) is 26.0 Å². The van der Waals surface area contributed by atoms with Crippen molar-refractivity contribution in [2.45, 2.75) is 42.1 Å². The van der Waals surface area contributed by atoms with E-state index in [4.69, 9.17) is 4.74 Å². The van der Waals surface area contributed by atoms with Gasteiger partial charge in [-0.25, -0.2) is 35.9 Å². The topological polar surface area (TPSA) is 99.0 Å². The summed E-state index contributed by atoms with van der Waals surface area (Å²) in [7, 11) is -3.09. The number of aromatic nitrogens is 4. The second-order valence-corrected chi connectivity index (χ2v) is 9.62. The second-order valence-electron chi connectivity index (χ2n) is 8.00. The Hall–Kier alpha value is -3.22. The summed E-state index contributed by atoms with van der Waals surface area (Å²) in [6.07, 6.45) is 2.51. The summed E-state index contributed by atoms with van der Waals surface area (Å²) >= 11 is 0. The van der Waals surface area contributed by atoms with Crippen molar-refractivity contribution in [3.05, 3.63) is 60.3 Å². The van der Waals surface area contributed by atoms with Gasteiger partial charge in [0.15, 0.2) is 4.90 Å². The van der Waals surface area contributed by atoms with E-state index in [0.29, 0.717) is 17.8 Å². The highest BCUT2D eigenvalue weighted by Crippen LogP contribution is 2.52. The molecule has 8 nitrogen and oxygen atoms in total. The highest BCUT2D eigenvalue weighted by atomic mass is 32.2. The van der Waals surface area contributed by atoms with Crippen molar-refractivity contribution in [2.24, 2.45) is 7.05 Å². The molecular formula is C20H19F4N5O3S. The van der Waals surface area contributed by atoms with Crippen LogP contribution in [0.2, 0.25) is 0 Å². The predicted molar refractivity (Wildman–Crippen MR) is 108 cm³/mol. The number of nitrogens with one attached hydrogen (secondary N) is 1. The van der Waals surface area contributed by atoms with Gasteiger partial charge in [-0.3, -0.25) is 9.40 Å². The molecule has 1 N–H and O–H groups in total.